The lowest BCUT2D eigenvalue weighted by Crippen LogP contribution is -2.80. The second-order valence-corrected chi connectivity index (χ2v) is 7.22. The summed E-state index contributed by atoms with van der Waals surface area (Å²) in [6.45, 7) is 1.68. The van der Waals surface area contributed by atoms with E-state index in [2.05, 4.69) is 5.32 Å². The van der Waals surface area contributed by atoms with Crippen LogP contribution >= 0.6 is 11.8 Å². The average molecular weight is 393 g/mol. The monoisotopic (exact) mass is 393 g/mol. The minimum absolute atomic E-state index is 0.0181. The molecule has 0 spiro atoms. The van der Waals surface area contributed by atoms with Crippen LogP contribution in [0.5, 0.6) is 0 Å². The van der Waals surface area contributed by atoms with E-state index in [9.17, 15) is 14.4 Å². The molecule has 27 heavy (non-hydrogen) atoms. The van der Waals surface area contributed by atoms with Crippen LogP contribution in [0.1, 0.15) is 12.5 Å². The molecule has 2 heterocycles. The first-order valence-corrected chi connectivity index (χ1v) is 9.10. The van der Waals surface area contributed by atoms with Gasteiger partial charge in [-0.15, -0.1) is 11.8 Å². The van der Waals surface area contributed by atoms with Gasteiger partial charge in [-0.2, -0.15) is 0 Å². The Labute approximate surface area is 159 Å². The summed E-state index contributed by atoms with van der Waals surface area (Å²) in [5.74, 6) is -0.628. The van der Waals surface area contributed by atoms with Crippen LogP contribution < -0.4 is 11.1 Å². The number of benzene rings is 1. The third kappa shape index (κ3) is 3.21. The lowest BCUT2D eigenvalue weighted by Gasteiger charge is -2.55. The molecule has 2 aliphatic heterocycles. The van der Waals surface area contributed by atoms with E-state index in [4.69, 9.17) is 20.3 Å². The molecule has 0 radical (unpaired) electrons. The highest BCUT2D eigenvalue weighted by Gasteiger charge is 2.66. The normalized spacial score (nSPS) is 24.1. The molecule has 2 aliphatic rings. The largest absolute Gasteiger partial charge is 0.512 e. The summed E-state index contributed by atoms with van der Waals surface area (Å²) in [7, 11) is 1.32. The highest BCUT2D eigenvalue weighted by molar-refractivity contribution is 8.00. The minimum Gasteiger partial charge on any atom is -0.449 e. The van der Waals surface area contributed by atoms with Gasteiger partial charge >= 0.3 is 6.16 Å². The summed E-state index contributed by atoms with van der Waals surface area (Å²) in [4.78, 5) is 37.4. The Morgan fingerprint density at radius 3 is 2.78 bits per heavy atom. The number of hydrogen-bond acceptors (Lipinski definition) is 7. The first kappa shape index (κ1) is 19.1. The van der Waals surface area contributed by atoms with Crippen molar-refractivity contribution in [2.24, 2.45) is 0 Å². The third-order valence-corrected chi connectivity index (χ3v) is 5.86. The van der Waals surface area contributed by atoms with Gasteiger partial charge in [0, 0.05) is 18.6 Å². The second kappa shape index (κ2) is 7.12. The van der Waals surface area contributed by atoms with Gasteiger partial charge in [0.15, 0.2) is 0 Å². The van der Waals surface area contributed by atoms with Gasteiger partial charge in [-0.1, -0.05) is 18.2 Å². The zero-order chi connectivity index (χ0) is 19.8. The number of carbonyl (C=O) groups excluding carboxylic acids is 2. The fraction of sp³-hybridized carbons (Fsp3) is 0.353. The zero-order valence-electron chi connectivity index (χ0n) is 14.7. The molecule has 0 saturated carbocycles. The number of rotatable bonds is 5. The van der Waals surface area contributed by atoms with Crippen molar-refractivity contribution in [2.45, 2.75) is 24.4 Å². The van der Waals surface area contributed by atoms with Gasteiger partial charge in [-0.25, -0.2) is 4.79 Å². The van der Waals surface area contributed by atoms with Crippen molar-refractivity contribution in [3.8, 4) is 0 Å². The Morgan fingerprint density at radius 2 is 2.15 bits per heavy atom. The molecule has 0 aromatic heterocycles. The number of thioether (sulfide) groups is 1. The van der Waals surface area contributed by atoms with Crippen LogP contribution in [0.4, 0.5) is 10.5 Å². The van der Waals surface area contributed by atoms with Crippen LogP contribution in [0, 0.1) is 0 Å². The molecule has 10 heteroatoms. The molecular formula is C17H19N3O6S. The predicted octanol–water partition coefficient (Wildman–Crippen LogP) is 1.11. The molecule has 2 amide bonds. The van der Waals surface area contributed by atoms with Crippen molar-refractivity contribution >= 4 is 35.4 Å². The quantitative estimate of drug-likeness (QED) is 0.293. The number of nitrogens with one attached hydrogen (secondary N) is 1. The van der Waals surface area contributed by atoms with Crippen molar-refractivity contribution < 1.29 is 29.0 Å². The van der Waals surface area contributed by atoms with E-state index in [0.29, 0.717) is 22.6 Å². The molecule has 9 nitrogen and oxygen atoms in total. The van der Waals surface area contributed by atoms with Gasteiger partial charge in [0.25, 0.3) is 11.6 Å². The number of amides is 2. The van der Waals surface area contributed by atoms with Gasteiger partial charge in [0.2, 0.25) is 11.8 Å². The van der Waals surface area contributed by atoms with E-state index >= 15 is 0 Å². The van der Waals surface area contributed by atoms with Gasteiger partial charge in [0.05, 0.1) is 6.42 Å². The lowest BCUT2D eigenvalue weighted by atomic mass is 10.00. The predicted molar refractivity (Wildman–Crippen MR) is 97.3 cm³/mol. The van der Waals surface area contributed by atoms with Crippen molar-refractivity contribution in [3.63, 3.8) is 0 Å². The SMILES string of the molecule is COC1(NC(=O)Cc2ccccc2N)C(=O)N2C(OC(=O)O)=C(C)CS[C@H]21. The topological polar surface area (TPSA) is 131 Å². The Bertz CT molecular complexity index is 842. The number of methoxy groups -OCH3 is 1. The summed E-state index contributed by atoms with van der Waals surface area (Å²) < 4.78 is 10.1. The first-order valence-electron chi connectivity index (χ1n) is 8.05. The highest BCUT2D eigenvalue weighted by atomic mass is 32.2. The molecule has 0 bridgehead atoms. The first-order chi connectivity index (χ1) is 12.8. The number of β-lactam (4-membered cyclic amide) rings is 1. The van der Waals surface area contributed by atoms with Gasteiger partial charge < -0.3 is 25.6 Å². The molecule has 1 saturated heterocycles. The summed E-state index contributed by atoms with van der Waals surface area (Å²) in [5, 5.41) is 10.9. The smallest absolute Gasteiger partial charge is 0.449 e. The van der Waals surface area contributed by atoms with E-state index in [1.807, 2.05) is 0 Å². The van der Waals surface area contributed by atoms with Crippen LogP contribution in [0.25, 0.3) is 0 Å². The summed E-state index contributed by atoms with van der Waals surface area (Å²) >= 11 is 1.35. The molecular weight excluding hydrogens is 374 g/mol. The van der Waals surface area contributed by atoms with E-state index in [-0.39, 0.29) is 12.3 Å². The lowest BCUT2D eigenvalue weighted by molar-refractivity contribution is -0.195. The number of carboxylic acid groups (broad SMARTS) is 1. The van der Waals surface area contributed by atoms with Gasteiger partial charge in [-0.3, -0.25) is 14.5 Å². The molecule has 3 rings (SSSR count). The Balaban J connectivity index is 1.79. The van der Waals surface area contributed by atoms with E-state index < -0.39 is 29.1 Å². The number of anilines is 1. The maximum atomic E-state index is 12.8. The number of fused-ring (bicyclic) bond motifs is 1. The Hall–Kier alpha value is -2.72. The Kier molecular flexibility index (Phi) is 5.03. The summed E-state index contributed by atoms with van der Waals surface area (Å²) in [6.07, 6.45) is -1.53. The van der Waals surface area contributed by atoms with Crippen molar-refractivity contribution in [2.75, 3.05) is 18.6 Å². The standard InChI is InChI=1S/C17H19N3O6S/c1-9-8-27-15-17(25-2,14(22)20(15)13(9)26-16(23)24)19-12(21)7-10-5-3-4-6-11(10)18/h3-6,15H,7-8,18H2,1-2H3,(H,19,21)(H,23,24)/t15-,17?/m0/s1. The number of nitrogen functional groups attached to an aromatic ring is 1. The summed E-state index contributed by atoms with van der Waals surface area (Å²) in [5.41, 5.74) is 5.99. The van der Waals surface area contributed by atoms with E-state index in [1.165, 1.54) is 23.8 Å². The van der Waals surface area contributed by atoms with Crippen LogP contribution in [0.15, 0.2) is 35.7 Å². The molecule has 1 aromatic rings. The molecule has 1 aromatic carbocycles. The zero-order valence-corrected chi connectivity index (χ0v) is 15.5. The number of para-hydroxylation sites is 1. The van der Waals surface area contributed by atoms with Crippen molar-refractivity contribution in [3.05, 3.63) is 41.3 Å². The highest BCUT2D eigenvalue weighted by Crippen LogP contribution is 2.46. The van der Waals surface area contributed by atoms with Gasteiger partial charge in [0.1, 0.15) is 5.37 Å². The van der Waals surface area contributed by atoms with Crippen LogP contribution in [-0.4, -0.2) is 51.9 Å². The van der Waals surface area contributed by atoms with E-state index in [0.717, 1.165) is 0 Å². The maximum absolute atomic E-state index is 12.8. The average Bonchev–Trinajstić information content (AvgIpc) is 2.62. The number of nitrogens with zero attached hydrogens (tertiary/aromatic N) is 1. The fourth-order valence-electron chi connectivity index (χ4n) is 3.06. The van der Waals surface area contributed by atoms with E-state index in [1.54, 1.807) is 31.2 Å². The second-order valence-electron chi connectivity index (χ2n) is 6.16. The van der Waals surface area contributed by atoms with Crippen molar-refractivity contribution in [1.29, 1.82) is 0 Å². The van der Waals surface area contributed by atoms with Crippen LogP contribution in [0.2, 0.25) is 0 Å². The Morgan fingerprint density at radius 1 is 1.44 bits per heavy atom. The number of nitrogens with two attached hydrogens (primary N) is 1. The molecule has 4 N–H and O–H groups in total. The molecule has 1 unspecified atom stereocenters. The third-order valence-electron chi connectivity index (χ3n) is 4.40. The van der Waals surface area contributed by atoms with Crippen LogP contribution in [0.3, 0.4) is 0 Å². The number of hydrogen-bond donors (Lipinski definition) is 3. The molecule has 144 valence electrons. The minimum atomic E-state index is -1.58. The summed E-state index contributed by atoms with van der Waals surface area (Å²) in [6, 6.07) is 6.94. The molecule has 1 fully saturated rings. The van der Waals surface area contributed by atoms with Crippen LogP contribution in [-0.2, 0) is 25.5 Å². The van der Waals surface area contributed by atoms with Crippen molar-refractivity contribution in [1.82, 2.24) is 10.2 Å². The molecule has 2 atom stereocenters. The molecule has 0 aliphatic carbocycles. The number of carbonyl (C=O) groups is 3. The van der Waals surface area contributed by atoms with Gasteiger partial charge in [-0.05, 0) is 24.1 Å². The fourth-order valence-corrected chi connectivity index (χ4v) is 4.42. The number of ether oxygens (including phenoxy) is 2. The maximum Gasteiger partial charge on any atom is 0.512 e.